The molecule has 7 heteroatoms. The summed E-state index contributed by atoms with van der Waals surface area (Å²) >= 11 is 0. The number of anilines is 2. The van der Waals surface area contributed by atoms with Crippen LogP contribution in [0.4, 0.5) is 11.4 Å². The van der Waals surface area contributed by atoms with Crippen LogP contribution in [0.3, 0.4) is 0 Å². The van der Waals surface area contributed by atoms with E-state index in [4.69, 9.17) is 4.74 Å². The van der Waals surface area contributed by atoms with E-state index >= 15 is 0 Å². The molecule has 2 saturated heterocycles. The minimum absolute atomic E-state index is 0.0968. The number of carbonyl (C=O) groups is 4. The fourth-order valence-corrected chi connectivity index (χ4v) is 4.00. The van der Waals surface area contributed by atoms with Gasteiger partial charge in [-0.2, -0.15) is 0 Å². The Kier molecular flexibility index (Phi) is 5.35. The van der Waals surface area contributed by atoms with Crippen molar-refractivity contribution in [2.24, 2.45) is 5.92 Å². The number of rotatable bonds is 4. The molecule has 0 aliphatic carbocycles. The van der Waals surface area contributed by atoms with Crippen molar-refractivity contribution in [3.63, 3.8) is 0 Å². The summed E-state index contributed by atoms with van der Waals surface area (Å²) in [6, 6.07) is 10.6. The lowest BCUT2D eigenvalue weighted by Gasteiger charge is -2.18. The average molecular weight is 420 g/mol. The third kappa shape index (κ3) is 3.95. The highest BCUT2D eigenvalue weighted by atomic mass is 16.5. The van der Waals surface area contributed by atoms with E-state index in [1.807, 2.05) is 32.0 Å². The first-order valence-corrected chi connectivity index (χ1v) is 10.3. The Labute approximate surface area is 180 Å². The average Bonchev–Trinajstić information content (AvgIpc) is 3.27. The van der Waals surface area contributed by atoms with Gasteiger partial charge in [0.25, 0.3) is 0 Å². The molecule has 2 aromatic carbocycles. The summed E-state index contributed by atoms with van der Waals surface area (Å²) in [4.78, 5) is 51.9. The molecule has 4 rings (SSSR count). The van der Waals surface area contributed by atoms with E-state index in [0.29, 0.717) is 17.0 Å². The summed E-state index contributed by atoms with van der Waals surface area (Å²) in [5, 5.41) is 0. The van der Waals surface area contributed by atoms with E-state index in [0.717, 1.165) is 16.8 Å². The van der Waals surface area contributed by atoms with Gasteiger partial charge < -0.3 is 9.64 Å². The van der Waals surface area contributed by atoms with Gasteiger partial charge in [-0.1, -0.05) is 6.07 Å². The number of hydrogen-bond donors (Lipinski definition) is 0. The number of hydrogen-bond acceptors (Lipinski definition) is 5. The molecule has 2 aliphatic heterocycles. The molecule has 2 heterocycles. The normalized spacial score (nSPS) is 18.8. The molecule has 1 atom stereocenters. The molecule has 0 saturated carbocycles. The van der Waals surface area contributed by atoms with Crippen LogP contribution in [0.5, 0.6) is 5.75 Å². The summed E-state index contributed by atoms with van der Waals surface area (Å²) in [6.07, 6.45) is 0.517. The molecular weight excluding hydrogens is 396 g/mol. The second kappa shape index (κ2) is 7.98. The van der Waals surface area contributed by atoms with Gasteiger partial charge in [-0.05, 0) is 67.8 Å². The van der Waals surface area contributed by atoms with Gasteiger partial charge in [-0.3, -0.25) is 24.1 Å². The summed E-state index contributed by atoms with van der Waals surface area (Å²) in [6.45, 7) is 6.02. The van der Waals surface area contributed by atoms with E-state index < -0.39 is 11.9 Å². The van der Waals surface area contributed by atoms with Crippen LogP contribution in [0, 0.1) is 26.7 Å². The van der Waals surface area contributed by atoms with E-state index in [9.17, 15) is 19.2 Å². The van der Waals surface area contributed by atoms with Gasteiger partial charge in [-0.25, -0.2) is 0 Å². The molecule has 2 aliphatic rings. The highest BCUT2D eigenvalue weighted by molar-refractivity contribution is 6.20. The highest BCUT2D eigenvalue weighted by Gasteiger charge is 2.37. The third-order valence-electron chi connectivity index (χ3n) is 5.94. The minimum Gasteiger partial charge on any atom is -0.426 e. The van der Waals surface area contributed by atoms with Crippen molar-refractivity contribution in [3.05, 3.63) is 53.1 Å². The zero-order chi connectivity index (χ0) is 22.3. The van der Waals surface area contributed by atoms with Crippen LogP contribution < -0.4 is 14.5 Å². The Bertz CT molecular complexity index is 1090. The molecule has 0 N–H and O–H groups in total. The SMILES string of the molecule is Cc1ccc(N2C[C@H](C(=O)Oc3ccc(N4C(=O)CCC4=O)c(C)c3)CC2=O)cc1C. The number of benzene rings is 2. The molecule has 0 spiro atoms. The molecule has 3 amide bonds. The van der Waals surface area contributed by atoms with Gasteiger partial charge in [0.05, 0.1) is 11.6 Å². The summed E-state index contributed by atoms with van der Waals surface area (Å²) in [5.41, 5.74) is 4.17. The van der Waals surface area contributed by atoms with E-state index in [1.54, 1.807) is 30.0 Å². The van der Waals surface area contributed by atoms with Crippen molar-refractivity contribution >= 4 is 35.1 Å². The summed E-state index contributed by atoms with van der Waals surface area (Å²) in [5.74, 6) is -1.27. The predicted molar refractivity (Wildman–Crippen MR) is 115 cm³/mol. The largest absolute Gasteiger partial charge is 0.426 e. The molecular formula is C24H24N2O5. The van der Waals surface area contributed by atoms with Gasteiger partial charge in [0.1, 0.15) is 5.75 Å². The molecule has 0 unspecified atom stereocenters. The van der Waals surface area contributed by atoms with Crippen LogP contribution in [0.1, 0.15) is 36.0 Å². The number of imide groups is 1. The van der Waals surface area contributed by atoms with Gasteiger partial charge in [0.2, 0.25) is 17.7 Å². The second-order valence-corrected chi connectivity index (χ2v) is 8.17. The molecule has 0 aromatic heterocycles. The van der Waals surface area contributed by atoms with Crippen molar-refractivity contribution in [1.82, 2.24) is 0 Å². The van der Waals surface area contributed by atoms with Gasteiger partial charge in [0.15, 0.2) is 0 Å². The lowest BCUT2D eigenvalue weighted by molar-refractivity contribution is -0.139. The Balaban J connectivity index is 1.45. The van der Waals surface area contributed by atoms with Crippen LogP contribution >= 0.6 is 0 Å². The van der Waals surface area contributed by atoms with Gasteiger partial charge in [0, 0.05) is 31.5 Å². The maximum absolute atomic E-state index is 12.7. The summed E-state index contributed by atoms with van der Waals surface area (Å²) < 4.78 is 5.52. The second-order valence-electron chi connectivity index (χ2n) is 8.17. The van der Waals surface area contributed by atoms with E-state index in [2.05, 4.69) is 0 Å². The summed E-state index contributed by atoms with van der Waals surface area (Å²) in [7, 11) is 0. The van der Waals surface area contributed by atoms with Crippen LogP contribution in [-0.4, -0.2) is 30.2 Å². The molecule has 31 heavy (non-hydrogen) atoms. The Morgan fingerprint density at radius 2 is 1.58 bits per heavy atom. The minimum atomic E-state index is -0.559. The molecule has 2 fully saturated rings. The Hall–Kier alpha value is -3.48. The number of esters is 1. The number of nitrogens with zero attached hydrogens (tertiary/aromatic N) is 2. The fourth-order valence-electron chi connectivity index (χ4n) is 4.00. The van der Waals surface area contributed by atoms with Crippen molar-refractivity contribution < 1.29 is 23.9 Å². The quantitative estimate of drug-likeness (QED) is 0.431. The molecule has 2 aromatic rings. The van der Waals surface area contributed by atoms with Crippen LogP contribution in [-0.2, 0) is 19.2 Å². The van der Waals surface area contributed by atoms with E-state index in [1.165, 1.54) is 4.90 Å². The standard InChI is InChI=1S/C24H24N2O5/c1-14-4-5-18(10-15(14)2)25-13-17(12-23(25)29)24(30)31-19-6-7-20(16(3)11-19)26-21(27)8-9-22(26)28/h4-7,10-11,17H,8-9,12-13H2,1-3H3/t17-/m1/s1. The molecule has 0 bridgehead atoms. The first-order chi connectivity index (χ1) is 14.7. The van der Waals surface area contributed by atoms with Crippen molar-refractivity contribution in [2.75, 3.05) is 16.3 Å². The number of carbonyl (C=O) groups excluding carboxylic acids is 4. The third-order valence-corrected chi connectivity index (χ3v) is 5.94. The lowest BCUT2D eigenvalue weighted by atomic mass is 10.1. The molecule has 0 radical (unpaired) electrons. The monoisotopic (exact) mass is 420 g/mol. The van der Waals surface area contributed by atoms with E-state index in [-0.39, 0.29) is 43.5 Å². The highest BCUT2D eigenvalue weighted by Crippen LogP contribution is 2.31. The zero-order valence-electron chi connectivity index (χ0n) is 17.8. The molecule has 7 nitrogen and oxygen atoms in total. The van der Waals surface area contributed by atoms with Crippen molar-refractivity contribution in [2.45, 2.75) is 40.0 Å². The van der Waals surface area contributed by atoms with Gasteiger partial charge >= 0.3 is 5.97 Å². The Morgan fingerprint density at radius 1 is 0.871 bits per heavy atom. The Morgan fingerprint density at radius 3 is 2.23 bits per heavy atom. The maximum atomic E-state index is 12.7. The van der Waals surface area contributed by atoms with Crippen LogP contribution in [0.25, 0.3) is 0 Å². The lowest BCUT2D eigenvalue weighted by Crippen LogP contribution is -2.29. The van der Waals surface area contributed by atoms with Crippen LogP contribution in [0.2, 0.25) is 0 Å². The number of ether oxygens (including phenoxy) is 1. The smallest absolute Gasteiger partial charge is 0.316 e. The van der Waals surface area contributed by atoms with Crippen LogP contribution in [0.15, 0.2) is 36.4 Å². The molecule has 160 valence electrons. The fraction of sp³-hybridized carbons (Fsp3) is 0.333. The maximum Gasteiger partial charge on any atom is 0.316 e. The van der Waals surface area contributed by atoms with Crippen molar-refractivity contribution in [1.29, 1.82) is 0 Å². The number of aryl methyl sites for hydroxylation is 3. The zero-order valence-corrected chi connectivity index (χ0v) is 17.8. The van der Waals surface area contributed by atoms with Gasteiger partial charge in [-0.15, -0.1) is 0 Å². The number of amides is 3. The first-order valence-electron chi connectivity index (χ1n) is 10.3. The predicted octanol–water partition coefficient (Wildman–Crippen LogP) is 3.22. The van der Waals surface area contributed by atoms with Crippen molar-refractivity contribution in [3.8, 4) is 5.75 Å². The topological polar surface area (TPSA) is 84.0 Å². The first kappa shape index (κ1) is 20.8.